The molecule has 20 heavy (non-hydrogen) atoms. The summed E-state index contributed by atoms with van der Waals surface area (Å²) in [4.78, 5) is 4.43. The molecular weight excluding hydrogens is 272 g/mol. The Balaban J connectivity index is 2.16. The van der Waals surface area contributed by atoms with E-state index in [2.05, 4.69) is 24.1 Å². The topological polar surface area (TPSA) is 45.1 Å². The summed E-state index contributed by atoms with van der Waals surface area (Å²) in [6.07, 6.45) is 2.74. The average Bonchev–Trinajstić information content (AvgIpc) is 2.42. The smallest absolute Gasteiger partial charge is 0.0747 e. The molecule has 3 nitrogen and oxygen atoms in total. The molecule has 0 spiro atoms. The molecule has 0 radical (unpaired) electrons. The summed E-state index contributed by atoms with van der Waals surface area (Å²) in [5.74, 6) is 0.550. The van der Waals surface area contributed by atoms with E-state index in [0.717, 1.165) is 22.9 Å². The van der Waals surface area contributed by atoms with Crippen LogP contribution < -0.4 is 5.32 Å². The fourth-order valence-corrected chi connectivity index (χ4v) is 2.66. The summed E-state index contributed by atoms with van der Waals surface area (Å²) in [6, 6.07) is 7.88. The van der Waals surface area contributed by atoms with Gasteiger partial charge in [-0.1, -0.05) is 31.5 Å². The number of aliphatic hydroxyl groups excluding tert-OH is 1. The van der Waals surface area contributed by atoms with Crippen LogP contribution in [0.4, 0.5) is 0 Å². The van der Waals surface area contributed by atoms with Gasteiger partial charge in [0.2, 0.25) is 0 Å². The van der Waals surface area contributed by atoms with E-state index < -0.39 is 0 Å². The molecule has 0 aliphatic rings. The summed E-state index contributed by atoms with van der Waals surface area (Å²) in [6.45, 7) is 5.11. The molecule has 1 atom stereocenters. The molecule has 1 aromatic heterocycles. The quantitative estimate of drug-likeness (QED) is 0.858. The van der Waals surface area contributed by atoms with Crippen LogP contribution >= 0.6 is 11.6 Å². The first-order valence-electron chi connectivity index (χ1n) is 6.97. The number of rotatable bonds is 6. The Morgan fingerprint density at radius 2 is 2.15 bits per heavy atom. The highest BCUT2D eigenvalue weighted by Gasteiger charge is 2.11. The number of fused-ring (bicyclic) bond motifs is 1. The van der Waals surface area contributed by atoms with Crippen LogP contribution in [0.1, 0.15) is 25.8 Å². The monoisotopic (exact) mass is 292 g/mol. The summed E-state index contributed by atoms with van der Waals surface area (Å²) < 4.78 is 0. The first kappa shape index (κ1) is 15.2. The molecule has 0 bridgehead atoms. The van der Waals surface area contributed by atoms with E-state index in [1.165, 1.54) is 0 Å². The van der Waals surface area contributed by atoms with Crippen molar-refractivity contribution in [3.63, 3.8) is 0 Å². The van der Waals surface area contributed by atoms with E-state index in [1.807, 2.05) is 24.3 Å². The minimum Gasteiger partial charge on any atom is -0.395 e. The van der Waals surface area contributed by atoms with Crippen molar-refractivity contribution in [3.8, 4) is 0 Å². The second kappa shape index (κ2) is 7.02. The lowest BCUT2D eigenvalue weighted by atomic mass is 10.0. The molecule has 2 rings (SSSR count). The predicted molar refractivity (Wildman–Crippen MR) is 83.9 cm³/mol. The minimum absolute atomic E-state index is 0.104. The van der Waals surface area contributed by atoms with Crippen molar-refractivity contribution < 1.29 is 5.11 Å². The standard InChI is InChI=1S/C16H21ClN2O/c1-11(2)6-15(10-20)19-9-13-8-14(17)7-12-4-3-5-18-16(12)13/h3-5,7-8,11,15,19-20H,6,9-10H2,1-2H3. The Bertz CT molecular complexity index is 571. The van der Waals surface area contributed by atoms with Crippen molar-refractivity contribution >= 4 is 22.5 Å². The van der Waals surface area contributed by atoms with Gasteiger partial charge in [0.05, 0.1) is 12.1 Å². The Kier molecular flexibility index (Phi) is 5.35. The molecule has 0 aliphatic heterocycles. The van der Waals surface area contributed by atoms with Gasteiger partial charge in [-0.3, -0.25) is 4.98 Å². The van der Waals surface area contributed by atoms with Gasteiger partial charge in [-0.05, 0) is 36.1 Å². The molecule has 0 fully saturated rings. The summed E-state index contributed by atoms with van der Waals surface area (Å²) in [7, 11) is 0. The van der Waals surface area contributed by atoms with E-state index in [-0.39, 0.29) is 12.6 Å². The molecule has 0 amide bonds. The zero-order chi connectivity index (χ0) is 14.5. The molecule has 1 aromatic carbocycles. The highest BCUT2D eigenvalue weighted by Crippen LogP contribution is 2.22. The maximum atomic E-state index is 9.42. The number of nitrogens with one attached hydrogen (secondary N) is 1. The summed E-state index contributed by atoms with van der Waals surface area (Å²) >= 11 is 6.15. The highest BCUT2D eigenvalue weighted by atomic mass is 35.5. The first-order chi connectivity index (χ1) is 9.60. The number of aliphatic hydroxyl groups is 1. The summed E-state index contributed by atoms with van der Waals surface area (Å²) in [5.41, 5.74) is 2.03. The van der Waals surface area contributed by atoms with Crippen molar-refractivity contribution in [2.45, 2.75) is 32.9 Å². The molecule has 2 aromatic rings. The molecule has 4 heteroatoms. The Morgan fingerprint density at radius 3 is 2.85 bits per heavy atom. The molecule has 1 unspecified atom stereocenters. The van der Waals surface area contributed by atoms with Crippen LogP contribution in [0, 0.1) is 5.92 Å². The van der Waals surface area contributed by atoms with Gasteiger partial charge in [0.1, 0.15) is 0 Å². The molecule has 0 saturated heterocycles. The molecule has 1 heterocycles. The Hall–Kier alpha value is -1.16. The van der Waals surface area contributed by atoms with Gasteiger partial charge in [-0.15, -0.1) is 0 Å². The van der Waals surface area contributed by atoms with Crippen LogP contribution in [0.25, 0.3) is 10.9 Å². The second-order valence-electron chi connectivity index (χ2n) is 5.53. The molecule has 0 saturated carbocycles. The van der Waals surface area contributed by atoms with E-state index in [0.29, 0.717) is 17.5 Å². The molecular formula is C16H21ClN2O. The zero-order valence-corrected chi connectivity index (χ0v) is 12.7. The lowest BCUT2D eigenvalue weighted by Crippen LogP contribution is -2.33. The maximum absolute atomic E-state index is 9.42. The summed E-state index contributed by atoms with van der Waals surface area (Å²) in [5, 5.41) is 14.6. The van der Waals surface area contributed by atoms with E-state index in [9.17, 15) is 5.11 Å². The number of nitrogens with zero attached hydrogens (tertiary/aromatic N) is 1. The maximum Gasteiger partial charge on any atom is 0.0747 e. The number of pyridine rings is 1. The van der Waals surface area contributed by atoms with Crippen molar-refractivity contribution in [3.05, 3.63) is 41.0 Å². The van der Waals surface area contributed by atoms with Crippen LogP contribution in [0.3, 0.4) is 0 Å². The third kappa shape index (κ3) is 3.92. The first-order valence-corrected chi connectivity index (χ1v) is 7.35. The fourth-order valence-electron chi connectivity index (χ4n) is 2.41. The number of aromatic nitrogens is 1. The van der Waals surface area contributed by atoms with Crippen molar-refractivity contribution in [1.82, 2.24) is 10.3 Å². The molecule has 2 N–H and O–H groups in total. The van der Waals surface area contributed by atoms with E-state index >= 15 is 0 Å². The third-order valence-electron chi connectivity index (χ3n) is 3.31. The van der Waals surface area contributed by atoms with Crippen LogP contribution in [0.2, 0.25) is 5.02 Å². The van der Waals surface area contributed by atoms with Crippen LogP contribution in [-0.4, -0.2) is 22.7 Å². The number of halogens is 1. The van der Waals surface area contributed by atoms with Gasteiger partial charge in [0.15, 0.2) is 0 Å². The zero-order valence-electron chi connectivity index (χ0n) is 11.9. The Morgan fingerprint density at radius 1 is 1.35 bits per heavy atom. The van der Waals surface area contributed by atoms with Gasteiger partial charge in [0, 0.05) is 29.2 Å². The van der Waals surface area contributed by atoms with Crippen molar-refractivity contribution in [2.24, 2.45) is 5.92 Å². The van der Waals surface area contributed by atoms with Gasteiger partial charge < -0.3 is 10.4 Å². The molecule has 0 aliphatic carbocycles. The lowest BCUT2D eigenvalue weighted by molar-refractivity contribution is 0.223. The van der Waals surface area contributed by atoms with Crippen LogP contribution in [-0.2, 0) is 6.54 Å². The Labute approximate surface area is 125 Å². The third-order valence-corrected chi connectivity index (χ3v) is 3.52. The van der Waals surface area contributed by atoms with Crippen LogP contribution in [0.15, 0.2) is 30.5 Å². The van der Waals surface area contributed by atoms with Crippen LogP contribution in [0.5, 0.6) is 0 Å². The van der Waals surface area contributed by atoms with Gasteiger partial charge in [0.25, 0.3) is 0 Å². The molecule has 108 valence electrons. The second-order valence-corrected chi connectivity index (χ2v) is 5.97. The number of hydrogen-bond acceptors (Lipinski definition) is 3. The van der Waals surface area contributed by atoms with Crippen molar-refractivity contribution in [2.75, 3.05) is 6.61 Å². The fraction of sp³-hybridized carbons (Fsp3) is 0.438. The highest BCUT2D eigenvalue weighted by molar-refractivity contribution is 6.31. The van der Waals surface area contributed by atoms with E-state index in [4.69, 9.17) is 11.6 Å². The SMILES string of the molecule is CC(C)CC(CO)NCc1cc(Cl)cc2cccnc12. The van der Waals surface area contributed by atoms with Crippen molar-refractivity contribution in [1.29, 1.82) is 0 Å². The normalized spacial score (nSPS) is 13.1. The van der Waals surface area contributed by atoms with Gasteiger partial charge in [-0.2, -0.15) is 0 Å². The largest absolute Gasteiger partial charge is 0.395 e. The predicted octanol–water partition coefficient (Wildman–Crippen LogP) is 3.38. The van der Waals surface area contributed by atoms with E-state index in [1.54, 1.807) is 6.20 Å². The van der Waals surface area contributed by atoms with Gasteiger partial charge in [-0.25, -0.2) is 0 Å². The minimum atomic E-state index is 0.104. The average molecular weight is 293 g/mol. The lowest BCUT2D eigenvalue weighted by Gasteiger charge is -2.18. The van der Waals surface area contributed by atoms with Gasteiger partial charge >= 0.3 is 0 Å². The number of hydrogen-bond donors (Lipinski definition) is 2. The number of benzene rings is 1.